The lowest BCUT2D eigenvalue weighted by atomic mass is 9.64. The van der Waals surface area contributed by atoms with Crippen molar-refractivity contribution >= 4 is 26.8 Å². The van der Waals surface area contributed by atoms with Gasteiger partial charge >= 0.3 is 5.97 Å². The van der Waals surface area contributed by atoms with Crippen LogP contribution in [0.2, 0.25) is 0 Å². The zero-order valence-corrected chi connectivity index (χ0v) is 25.4. The van der Waals surface area contributed by atoms with Gasteiger partial charge in [-0.25, -0.2) is 13.2 Å². The highest BCUT2D eigenvalue weighted by molar-refractivity contribution is 7.89. The van der Waals surface area contributed by atoms with Gasteiger partial charge in [0.15, 0.2) is 0 Å². The largest absolute Gasteiger partial charge is 0.508 e. The second-order valence-electron chi connectivity index (χ2n) is 12.2. The molecule has 0 saturated heterocycles. The van der Waals surface area contributed by atoms with Gasteiger partial charge in [0.2, 0.25) is 10.0 Å². The molecule has 6 nitrogen and oxygen atoms in total. The third-order valence-corrected chi connectivity index (χ3v) is 10.3. The van der Waals surface area contributed by atoms with Crippen LogP contribution in [0.4, 0.5) is 0 Å². The first-order valence-electron chi connectivity index (χ1n) is 14.5. The van der Waals surface area contributed by atoms with Gasteiger partial charge in [0.05, 0.1) is 4.90 Å². The fourth-order valence-electron chi connectivity index (χ4n) is 6.34. The first kappa shape index (κ1) is 29.8. The molecule has 7 heteroatoms. The molecule has 1 unspecified atom stereocenters. The Labute approximate surface area is 248 Å². The minimum atomic E-state index is -4.15. The van der Waals surface area contributed by atoms with E-state index in [1.54, 1.807) is 30.3 Å². The third-order valence-electron chi connectivity index (χ3n) is 8.84. The second-order valence-corrected chi connectivity index (χ2v) is 13.9. The minimum Gasteiger partial charge on any atom is -0.508 e. The molecule has 4 atom stereocenters. The molecule has 4 aromatic rings. The zero-order valence-electron chi connectivity index (χ0n) is 24.6. The Balaban J connectivity index is 1.55. The molecule has 0 heterocycles. The summed E-state index contributed by atoms with van der Waals surface area (Å²) in [6.07, 6.45) is 2.13. The first-order chi connectivity index (χ1) is 20.0. The number of aryl methyl sites for hydroxylation is 1. The molecule has 42 heavy (non-hydrogen) atoms. The number of hydrogen-bond donors (Lipinski definition) is 2. The van der Waals surface area contributed by atoms with Gasteiger partial charge in [-0.15, -0.1) is 0 Å². The number of sulfonamides is 1. The van der Waals surface area contributed by atoms with Gasteiger partial charge < -0.3 is 9.84 Å². The molecule has 1 saturated carbocycles. The lowest BCUT2D eigenvalue weighted by Crippen LogP contribution is -2.45. The van der Waals surface area contributed by atoms with Crippen molar-refractivity contribution in [3.63, 3.8) is 0 Å². The van der Waals surface area contributed by atoms with Crippen molar-refractivity contribution in [3.8, 4) is 5.75 Å². The fraction of sp³-hybridized carbons (Fsp3) is 0.343. The Morgan fingerprint density at radius 3 is 2.31 bits per heavy atom. The molecule has 1 aliphatic carbocycles. The summed E-state index contributed by atoms with van der Waals surface area (Å²) in [7, 11) is -4.15. The number of esters is 1. The molecule has 0 spiro atoms. The van der Waals surface area contributed by atoms with Crippen molar-refractivity contribution in [1.29, 1.82) is 0 Å². The third kappa shape index (κ3) is 6.08. The van der Waals surface area contributed by atoms with Crippen LogP contribution in [-0.4, -0.2) is 25.6 Å². The summed E-state index contributed by atoms with van der Waals surface area (Å²) in [5.41, 5.74) is 1.96. The van der Waals surface area contributed by atoms with E-state index in [4.69, 9.17) is 4.74 Å². The maximum absolute atomic E-state index is 14.2. The molecule has 0 radical (unpaired) electrons. The Morgan fingerprint density at radius 1 is 0.929 bits per heavy atom. The second kappa shape index (κ2) is 11.9. The number of carbonyl (C=O) groups is 1. The van der Waals surface area contributed by atoms with Crippen LogP contribution in [0.25, 0.3) is 10.8 Å². The summed E-state index contributed by atoms with van der Waals surface area (Å²) in [5, 5.41) is 12.4. The van der Waals surface area contributed by atoms with Gasteiger partial charge in [-0.1, -0.05) is 106 Å². The number of ether oxygens (including phenoxy) is 1. The van der Waals surface area contributed by atoms with Crippen LogP contribution < -0.4 is 4.72 Å². The molecule has 1 fully saturated rings. The number of benzene rings is 4. The van der Waals surface area contributed by atoms with Crippen LogP contribution in [0.1, 0.15) is 62.8 Å². The molecule has 4 aromatic carbocycles. The maximum Gasteiger partial charge on any atom is 0.329 e. The molecule has 1 aliphatic rings. The van der Waals surface area contributed by atoms with E-state index in [0.717, 1.165) is 29.4 Å². The predicted octanol–water partition coefficient (Wildman–Crippen LogP) is 7.20. The Morgan fingerprint density at radius 2 is 1.60 bits per heavy atom. The van der Waals surface area contributed by atoms with Crippen molar-refractivity contribution in [2.24, 2.45) is 11.8 Å². The van der Waals surface area contributed by atoms with Crippen LogP contribution in [-0.2, 0) is 25.0 Å². The summed E-state index contributed by atoms with van der Waals surface area (Å²) in [4.78, 5) is 14.3. The molecular formula is C35H39NO5S. The molecule has 0 amide bonds. The number of phenolic OH excluding ortho intramolecular Hbond substituents is 1. The Kier molecular flexibility index (Phi) is 8.44. The van der Waals surface area contributed by atoms with E-state index in [2.05, 4.69) is 37.6 Å². The van der Waals surface area contributed by atoms with E-state index in [1.165, 1.54) is 18.2 Å². The van der Waals surface area contributed by atoms with Crippen LogP contribution >= 0.6 is 0 Å². The quantitative estimate of drug-likeness (QED) is 0.213. The van der Waals surface area contributed by atoms with Crippen molar-refractivity contribution in [2.75, 3.05) is 0 Å². The summed E-state index contributed by atoms with van der Waals surface area (Å²) in [6, 6.07) is 25.7. The highest BCUT2D eigenvalue weighted by Crippen LogP contribution is 2.44. The van der Waals surface area contributed by atoms with Crippen molar-refractivity contribution in [1.82, 2.24) is 4.72 Å². The smallest absolute Gasteiger partial charge is 0.329 e. The molecule has 5 rings (SSSR count). The maximum atomic E-state index is 14.2. The summed E-state index contributed by atoms with van der Waals surface area (Å²) >= 11 is 0. The Bertz CT molecular complexity index is 1670. The summed E-state index contributed by atoms with van der Waals surface area (Å²) < 4.78 is 36.2. The number of aromatic hydroxyl groups is 1. The van der Waals surface area contributed by atoms with Crippen molar-refractivity contribution in [2.45, 2.75) is 69.4 Å². The minimum absolute atomic E-state index is 0.0236. The molecule has 220 valence electrons. The number of fused-ring (bicyclic) bond motifs is 1. The highest BCUT2D eigenvalue weighted by atomic mass is 32.2. The van der Waals surface area contributed by atoms with Gasteiger partial charge in [0.1, 0.15) is 17.9 Å². The van der Waals surface area contributed by atoms with Crippen LogP contribution in [0.5, 0.6) is 5.75 Å². The zero-order chi connectivity index (χ0) is 30.1. The van der Waals surface area contributed by atoms with Crippen LogP contribution in [0.3, 0.4) is 0 Å². The van der Waals surface area contributed by atoms with Crippen LogP contribution in [0, 0.1) is 18.8 Å². The van der Waals surface area contributed by atoms with E-state index < -0.39 is 28.1 Å². The number of nitrogens with one attached hydrogen (secondary N) is 1. The van der Waals surface area contributed by atoms with Crippen molar-refractivity contribution < 1.29 is 23.1 Å². The molecule has 2 N–H and O–H groups in total. The van der Waals surface area contributed by atoms with Crippen molar-refractivity contribution in [3.05, 3.63) is 108 Å². The number of hydrogen-bond acceptors (Lipinski definition) is 5. The lowest BCUT2D eigenvalue weighted by Gasteiger charge is -2.44. The monoisotopic (exact) mass is 585 g/mol. The SMILES string of the molecule is Cc1ccc(S(=O)(=O)NC(C(=O)O[C@@H]2C[C@H](C)CC[C@H]2C(C)(C)c2ccccc2)c2c(O)ccc3ccccc23)cc1. The number of phenols is 1. The van der Waals surface area contributed by atoms with E-state index in [1.807, 2.05) is 37.3 Å². The van der Waals surface area contributed by atoms with Gasteiger partial charge in [-0.3, -0.25) is 0 Å². The average molecular weight is 586 g/mol. The normalized spacial score (nSPS) is 20.2. The van der Waals surface area contributed by atoms with E-state index >= 15 is 0 Å². The number of carbonyl (C=O) groups excluding carboxylic acids is 1. The highest BCUT2D eigenvalue weighted by Gasteiger charge is 2.43. The summed E-state index contributed by atoms with van der Waals surface area (Å²) in [6.45, 7) is 8.38. The molecule has 0 aliphatic heterocycles. The standard InChI is InChI=1S/C35H39NO5S/c1-23-14-18-27(19-15-23)42(39,40)36-33(32-28-13-9-8-10-25(28)17-21-30(32)37)34(38)41-31-22-24(2)16-20-29(31)35(3,4)26-11-6-5-7-12-26/h5-15,17-19,21,24,29,31,33,36-37H,16,20,22H2,1-4H3/t24-,29-,31-,33?/m1/s1. The van der Waals surface area contributed by atoms with E-state index in [0.29, 0.717) is 17.7 Å². The van der Waals surface area contributed by atoms with Crippen LogP contribution in [0.15, 0.2) is 95.9 Å². The lowest BCUT2D eigenvalue weighted by molar-refractivity contribution is -0.158. The summed E-state index contributed by atoms with van der Waals surface area (Å²) in [5.74, 6) is -0.541. The Hall–Kier alpha value is -3.68. The van der Waals surface area contributed by atoms with Gasteiger partial charge in [-0.05, 0) is 65.6 Å². The van der Waals surface area contributed by atoms with Gasteiger partial charge in [0.25, 0.3) is 0 Å². The average Bonchev–Trinajstić information content (AvgIpc) is 2.97. The van der Waals surface area contributed by atoms with Gasteiger partial charge in [0, 0.05) is 11.5 Å². The number of rotatable bonds is 8. The van der Waals surface area contributed by atoms with Gasteiger partial charge in [-0.2, -0.15) is 4.72 Å². The molecular weight excluding hydrogens is 546 g/mol. The first-order valence-corrected chi connectivity index (χ1v) is 16.0. The van der Waals surface area contributed by atoms with E-state index in [-0.39, 0.29) is 27.5 Å². The molecule has 0 bridgehead atoms. The fourth-order valence-corrected chi connectivity index (χ4v) is 7.49. The topological polar surface area (TPSA) is 92.7 Å². The predicted molar refractivity (Wildman–Crippen MR) is 166 cm³/mol. The molecule has 0 aromatic heterocycles. The van der Waals surface area contributed by atoms with E-state index in [9.17, 15) is 18.3 Å².